The van der Waals surface area contributed by atoms with Crippen LogP contribution in [0.25, 0.3) is 0 Å². The summed E-state index contributed by atoms with van der Waals surface area (Å²) in [5.41, 5.74) is 0. The van der Waals surface area contributed by atoms with Crippen LogP contribution in [0.15, 0.2) is 0 Å². The summed E-state index contributed by atoms with van der Waals surface area (Å²) in [4.78, 5) is 24.7. The van der Waals surface area contributed by atoms with Gasteiger partial charge < -0.3 is 5.32 Å². The minimum absolute atomic E-state index is 0.0514. The Hall–Kier alpha value is -0.900. The van der Waals surface area contributed by atoms with E-state index in [-0.39, 0.29) is 11.9 Å². The van der Waals surface area contributed by atoms with Crippen LogP contribution >= 0.6 is 0 Å². The summed E-state index contributed by atoms with van der Waals surface area (Å²) in [6, 6.07) is 0.261. The summed E-state index contributed by atoms with van der Waals surface area (Å²) in [5, 5.41) is 2.88. The van der Waals surface area contributed by atoms with Gasteiger partial charge in [-0.2, -0.15) is 0 Å². The van der Waals surface area contributed by atoms with Crippen molar-refractivity contribution in [3.8, 4) is 0 Å². The Morgan fingerprint density at radius 3 is 2.75 bits per heavy atom. The van der Waals surface area contributed by atoms with Gasteiger partial charge in [0.05, 0.1) is 6.54 Å². The van der Waals surface area contributed by atoms with Crippen molar-refractivity contribution < 1.29 is 9.59 Å². The summed E-state index contributed by atoms with van der Waals surface area (Å²) >= 11 is 0. The van der Waals surface area contributed by atoms with Crippen molar-refractivity contribution in [2.45, 2.75) is 39.2 Å². The lowest BCUT2D eigenvalue weighted by Crippen LogP contribution is -2.40. The number of hydrogen-bond donors (Lipinski definition) is 1. The number of carbonyl (C=O) groups is 2. The minimum Gasteiger partial charge on any atom is -0.355 e. The first-order chi connectivity index (χ1) is 7.49. The molecule has 1 N–H and O–H groups in total. The van der Waals surface area contributed by atoms with Gasteiger partial charge in [0, 0.05) is 25.4 Å². The highest BCUT2D eigenvalue weighted by Crippen LogP contribution is 2.19. The summed E-state index contributed by atoms with van der Waals surface area (Å²) in [7, 11) is 1.91. The van der Waals surface area contributed by atoms with Crippen LogP contribution in [-0.4, -0.2) is 42.8 Å². The predicted octanol–water partition coefficient (Wildman–Crippen LogP) is 0.812. The lowest BCUT2D eigenvalue weighted by atomic mass is 10.2. The van der Waals surface area contributed by atoms with Crippen molar-refractivity contribution in [1.29, 1.82) is 0 Å². The van der Waals surface area contributed by atoms with Gasteiger partial charge in [-0.25, -0.2) is 0 Å². The molecule has 1 aliphatic carbocycles. The molecule has 1 aliphatic rings. The fourth-order valence-corrected chi connectivity index (χ4v) is 1.90. The Morgan fingerprint density at radius 1 is 1.56 bits per heavy atom. The Balaban J connectivity index is 2.25. The second-order valence-corrected chi connectivity index (χ2v) is 5.05. The quantitative estimate of drug-likeness (QED) is 0.755. The van der Waals surface area contributed by atoms with Crippen LogP contribution in [0.2, 0.25) is 0 Å². The van der Waals surface area contributed by atoms with E-state index < -0.39 is 0 Å². The molecule has 1 unspecified atom stereocenters. The average molecular weight is 226 g/mol. The van der Waals surface area contributed by atoms with Crippen molar-refractivity contribution in [2.24, 2.45) is 5.92 Å². The van der Waals surface area contributed by atoms with Gasteiger partial charge in [-0.3, -0.25) is 14.5 Å². The molecule has 0 aromatic heterocycles. The molecule has 1 atom stereocenters. The zero-order chi connectivity index (χ0) is 12.1. The number of likely N-dealkylation sites (N-methyl/N-ethyl adjacent to an activating group) is 1. The molecule has 0 saturated heterocycles. The predicted molar refractivity (Wildman–Crippen MR) is 63.1 cm³/mol. The minimum atomic E-state index is 0.0514. The number of carbonyl (C=O) groups excluding carboxylic acids is 2. The second-order valence-electron chi connectivity index (χ2n) is 5.05. The molecule has 0 aromatic carbocycles. The fraction of sp³-hybridized carbons (Fsp3) is 0.833. The van der Waals surface area contributed by atoms with Gasteiger partial charge in [-0.15, -0.1) is 0 Å². The topological polar surface area (TPSA) is 49.4 Å². The fourth-order valence-electron chi connectivity index (χ4n) is 1.90. The first-order valence-electron chi connectivity index (χ1n) is 5.97. The van der Waals surface area contributed by atoms with Crippen LogP contribution in [0.3, 0.4) is 0 Å². The largest absolute Gasteiger partial charge is 0.355 e. The number of Topliss-reactive ketones (excluding diaryl/α,β-unsaturated/α-hetero) is 1. The van der Waals surface area contributed by atoms with E-state index in [1.807, 2.05) is 11.9 Å². The number of hydrogen-bond acceptors (Lipinski definition) is 3. The molecule has 16 heavy (non-hydrogen) atoms. The normalized spacial score (nSPS) is 20.8. The zero-order valence-electron chi connectivity index (χ0n) is 10.5. The molecule has 92 valence electrons. The Kier molecular flexibility index (Phi) is 4.93. The van der Waals surface area contributed by atoms with Crippen LogP contribution < -0.4 is 5.32 Å². The van der Waals surface area contributed by atoms with E-state index in [0.29, 0.717) is 31.1 Å². The van der Waals surface area contributed by atoms with Crippen molar-refractivity contribution in [3.05, 3.63) is 0 Å². The Labute approximate surface area is 97.4 Å². The average Bonchev–Trinajstić information content (AvgIpc) is 2.62. The summed E-state index contributed by atoms with van der Waals surface area (Å²) in [6.45, 7) is 5.25. The van der Waals surface area contributed by atoms with E-state index in [4.69, 9.17) is 0 Å². The molecule has 0 radical (unpaired) electrons. The standard InChI is InChI=1S/C12H22N2O2/c1-9(2)7-13-12(16)8-14(3)10-4-5-11(15)6-10/h9-10H,4-8H2,1-3H3,(H,13,16). The van der Waals surface area contributed by atoms with Gasteiger partial charge in [-0.05, 0) is 19.4 Å². The monoisotopic (exact) mass is 226 g/mol. The van der Waals surface area contributed by atoms with Crippen molar-refractivity contribution in [1.82, 2.24) is 10.2 Å². The molecule has 0 heterocycles. The highest BCUT2D eigenvalue weighted by molar-refractivity contribution is 5.81. The summed E-state index contributed by atoms with van der Waals surface area (Å²) in [5.74, 6) is 0.845. The first-order valence-corrected chi connectivity index (χ1v) is 5.97. The third-order valence-corrected chi connectivity index (χ3v) is 2.94. The molecule has 0 aromatic rings. The highest BCUT2D eigenvalue weighted by Gasteiger charge is 2.26. The lowest BCUT2D eigenvalue weighted by molar-refractivity contribution is -0.123. The molecule has 4 heteroatoms. The molecule has 1 saturated carbocycles. The van der Waals surface area contributed by atoms with Crippen molar-refractivity contribution in [3.63, 3.8) is 0 Å². The molecule has 1 fully saturated rings. The van der Waals surface area contributed by atoms with Gasteiger partial charge in [-0.1, -0.05) is 13.8 Å². The maximum atomic E-state index is 11.6. The molecular formula is C12H22N2O2. The molecule has 1 amide bonds. The SMILES string of the molecule is CC(C)CNC(=O)CN(C)C1CCC(=O)C1. The number of nitrogens with one attached hydrogen (secondary N) is 1. The Morgan fingerprint density at radius 2 is 2.25 bits per heavy atom. The maximum absolute atomic E-state index is 11.6. The second kappa shape index (κ2) is 5.99. The van der Waals surface area contributed by atoms with E-state index in [1.54, 1.807) is 0 Å². The number of nitrogens with zero attached hydrogens (tertiary/aromatic N) is 1. The molecule has 4 nitrogen and oxygen atoms in total. The van der Waals surface area contributed by atoms with E-state index >= 15 is 0 Å². The molecule has 0 bridgehead atoms. The van der Waals surface area contributed by atoms with Crippen LogP contribution in [-0.2, 0) is 9.59 Å². The van der Waals surface area contributed by atoms with Gasteiger partial charge in [0.25, 0.3) is 0 Å². The van der Waals surface area contributed by atoms with Gasteiger partial charge in [0.2, 0.25) is 5.91 Å². The highest BCUT2D eigenvalue weighted by atomic mass is 16.2. The smallest absolute Gasteiger partial charge is 0.234 e. The molecule has 1 rings (SSSR count). The molecule has 0 spiro atoms. The Bertz CT molecular complexity index is 264. The van der Waals surface area contributed by atoms with E-state index in [9.17, 15) is 9.59 Å². The van der Waals surface area contributed by atoms with Gasteiger partial charge in [0.1, 0.15) is 5.78 Å². The van der Waals surface area contributed by atoms with E-state index in [0.717, 1.165) is 13.0 Å². The van der Waals surface area contributed by atoms with Crippen LogP contribution in [0.5, 0.6) is 0 Å². The lowest BCUT2D eigenvalue weighted by Gasteiger charge is -2.22. The zero-order valence-corrected chi connectivity index (χ0v) is 10.5. The first kappa shape index (κ1) is 13.2. The molecular weight excluding hydrogens is 204 g/mol. The van der Waals surface area contributed by atoms with Crippen LogP contribution in [0, 0.1) is 5.92 Å². The van der Waals surface area contributed by atoms with Gasteiger partial charge in [0.15, 0.2) is 0 Å². The number of ketones is 1. The third-order valence-electron chi connectivity index (χ3n) is 2.94. The number of rotatable bonds is 5. The van der Waals surface area contributed by atoms with Gasteiger partial charge >= 0.3 is 0 Å². The number of amides is 1. The van der Waals surface area contributed by atoms with Crippen LogP contribution in [0.4, 0.5) is 0 Å². The van der Waals surface area contributed by atoms with Crippen molar-refractivity contribution >= 4 is 11.7 Å². The van der Waals surface area contributed by atoms with E-state index in [2.05, 4.69) is 19.2 Å². The summed E-state index contributed by atoms with van der Waals surface area (Å²) in [6.07, 6.45) is 2.17. The maximum Gasteiger partial charge on any atom is 0.234 e. The van der Waals surface area contributed by atoms with Crippen LogP contribution in [0.1, 0.15) is 33.1 Å². The third kappa shape index (κ3) is 4.31. The van der Waals surface area contributed by atoms with E-state index in [1.165, 1.54) is 0 Å². The summed E-state index contributed by atoms with van der Waals surface area (Å²) < 4.78 is 0. The molecule has 0 aliphatic heterocycles. The van der Waals surface area contributed by atoms with Crippen molar-refractivity contribution in [2.75, 3.05) is 20.1 Å².